The van der Waals surface area contributed by atoms with Gasteiger partial charge in [-0.1, -0.05) is 47.5 Å². The standard InChI is InChI=1S/C23H18Cl2N2O3/c24-15-9-8-14(19(25)10-15)13-30-22-7-2-1-4-18(22)16-5-3-6-17(16)20-11-26-12-21(27-20)23(28)29/h1-2,4,7-12H,3,5-6,13H2,(H,28,29). The van der Waals surface area contributed by atoms with Crippen molar-refractivity contribution in [3.05, 3.63) is 87.4 Å². The van der Waals surface area contributed by atoms with Crippen molar-refractivity contribution in [2.24, 2.45) is 0 Å². The minimum atomic E-state index is -1.09. The van der Waals surface area contributed by atoms with Crippen molar-refractivity contribution in [1.82, 2.24) is 9.97 Å². The lowest BCUT2D eigenvalue weighted by Gasteiger charge is -2.15. The Morgan fingerprint density at radius 2 is 1.87 bits per heavy atom. The molecule has 0 spiro atoms. The molecule has 2 aromatic carbocycles. The van der Waals surface area contributed by atoms with Crippen LogP contribution in [0.25, 0.3) is 11.1 Å². The molecular weight excluding hydrogens is 423 g/mol. The molecule has 0 fully saturated rings. The topological polar surface area (TPSA) is 72.3 Å². The first-order valence-corrected chi connectivity index (χ1v) is 10.2. The number of rotatable bonds is 6. The third-order valence-corrected chi connectivity index (χ3v) is 5.58. The lowest BCUT2D eigenvalue weighted by atomic mass is 9.99. The predicted octanol–water partition coefficient (Wildman–Crippen LogP) is 6.16. The molecule has 0 atom stereocenters. The zero-order chi connectivity index (χ0) is 21.1. The highest BCUT2D eigenvalue weighted by Gasteiger charge is 2.22. The number of aromatic carboxylic acids is 1. The zero-order valence-corrected chi connectivity index (χ0v) is 17.5. The van der Waals surface area contributed by atoms with Gasteiger partial charge in [-0.25, -0.2) is 9.78 Å². The number of benzene rings is 2. The molecule has 1 aliphatic carbocycles. The number of carboxylic acids is 1. The smallest absolute Gasteiger partial charge is 0.356 e. The summed E-state index contributed by atoms with van der Waals surface area (Å²) in [5.41, 5.74) is 4.45. The van der Waals surface area contributed by atoms with Crippen LogP contribution >= 0.6 is 23.2 Å². The zero-order valence-electron chi connectivity index (χ0n) is 15.9. The summed E-state index contributed by atoms with van der Waals surface area (Å²) in [5, 5.41) is 10.4. The summed E-state index contributed by atoms with van der Waals surface area (Å²) in [5.74, 6) is -0.353. The molecule has 0 bridgehead atoms. The van der Waals surface area contributed by atoms with E-state index in [2.05, 4.69) is 9.97 Å². The van der Waals surface area contributed by atoms with Crippen LogP contribution in [0.2, 0.25) is 10.0 Å². The average Bonchev–Trinajstić information content (AvgIpc) is 3.23. The Kier molecular flexibility index (Phi) is 6.02. The summed E-state index contributed by atoms with van der Waals surface area (Å²) in [7, 11) is 0. The molecule has 152 valence electrons. The molecule has 3 aromatic rings. The molecule has 1 aliphatic rings. The van der Waals surface area contributed by atoms with E-state index in [0.29, 0.717) is 22.3 Å². The van der Waals surface area contributed by atoms with Crippen molar-refractivity contribution < 1.29 is 14.6 Å². The van der Waals surface area contributed by atoms with E-state index >= 15 is 0 Å². The lowest BCUT2D eigenvalue weighted by Crippen LogP contribution is -2.04. The number of hydrogen-bond acceptors (Lipinski definition) is 4. The molecule has 1 heterocycles. The van der Waals surface area contributed by atoms with Crippen LogP contribution in [-0.2, 0) is 6.61 Å². The first-order valence-electron chi connectivity index (χ1n) is 9.47. The molecule has 0 saturated carbocycles. The second kappa shape index (κ2) is 8.86. The van der Waals surface area contributed by atoms with Gasteiger partial charge in [0.2, 0.25) is 0 Å². The Morgan fingerprint density at radius 3 is 2.67 bits per heavy atom. The monoisotopic (exact) mass is 440 g/mol. The number of halogens is 2. The van der Waals surface area contributed by atoms with Gasteiger partial charge in [-0.2, -0.15) is 0 Å². The maximum absolute atomic E-state index is 11.3. The molecule has 1 N–H and O–H groups in total. The van der Waals surface area contributed by atoms with Gasteiger partial charge in [-0.3, -0.25) is 4.98 Å². The molecule has 7 heteroatoms. The Hall–Kier alpha value is -2.89. The fourth-order valence-corrected chi connectivity index (χ4v) is 4.04. The van der Waals surface area contributed by atoms with E-state index in [1.807, 2.05) is 30.3 Å². The van der Waals surface area contributed by atoms with Gasteiger partial charge in [0.15, 0.2) is 5.69 Å². The van der Waals surface area contributed by atoms with Crippen molar-refractivity contribution in [2.75, 3.05) is 0 Å². The third-order valence-electron chi connectivity index (χ3n) is 4.99. The van der Waals surface area contributed by atoms with Gasteiger partial charge < -0.3 is 9.84 Å². The normalized spacial score (nSPS) is 13.5. The Labute approximate surface area is 184 Å². The fourth-order valence-electron chi connectivity index (χ4n) is 3.57. The Morgan fingerprint density at radius 1 is 1.07 bits per heavy atom. The van der Waals surface area contributed by atoms with Gasteiger partial charge in [-0.05, 0) is 48.6 Å². The van der Waals surface area contributed by atoms with Crippen LogP contribution in [0, 0.1) is 0 Å². The van der Waals surface area contributed by atoms with Crippen LogP contribution in [0.4, 0.5) is 0 Å². The number of hydrogen-bond donors (Lipinski definition) is 1. The summed E-state index contributed by atoms with van der Waals surface area (Å²) in [6.45, 7) is 0.309. The van der Waals surface area contributed by atoms with Crippen molar-refractivity contribution in [3.63, 3.8) is 0 Å². The summed E-state index contributed by atoms with van der Waals surface area (Å²) in [6.07, 6.45) is 5.50. The van der Waals surface area contributed by atoms with Crippen molar-refractivity contribution >= 4 is 40.3 Å². The number of nitrogens with zero attached hydrogens (tertiary/aromatic N) is 2. The third kappa shape index (κ3) is 4.32. The number of para-hydroxylation sites is 1. The predicted molar refractivity (Wildman–Crippen MR) is 117 cm³/mol. The van der Waals surface area contributed by atoms with Crippen LogP contribution in [-0.4, -0.2) is 21.0 Å². The highest BCUT2D eigenvalue weighted by atomic mass is 35.5. The van der Waals surface area contributed by atoms with Crippen LogP contribution < -0.4 is 4.74 Å². The van der Waals surface area contributed by atoms with E-state index < -0.39 is 5.97 Å². The first-order chi connectivity index (χ1) is 14.5. The Bertz CT molecular complexity index is 1140. The molecule has 0 amide bonds. The largest absolute Gasteiger partial charge is 0.488 e. The van der Waals surface area contributed by atoms with Gasteiger partial charge in [0.05, 0.1) is 18.1 Å². The second-order valence-corrected chi connectivity index (χ2v) is 7.77. The van der Waals surface area contributed by atoms with Gasteiger partial charge in [0.25, 0.3) is 0 Å². The van der Waals surface area contributed by atoms with Crippen LogP contribution in [0.15, 0.2) is 54.9 Å². The molecule has 0 saturated heterocycles. The minimum absolute atomic E-state index is 0.0619. The molecule has 0 aliphatic heterocycles. The number of ether oxygens (including phenoxy) is 1. The van der Waals surface area contributed by atoms with Crippen molar-refractivity contribution in [1.29, 1.82) is 0 Å². The maximum Gasteiger partial charge on any atom is 0.356 e. The van der Waals surface area contributed by atoms with E-state index in [0.717, 1.165) is 47.3 Å². The second-order valence-electron chi connectivity index (χ2n) is 6.93. The van der Waals surface area contributed by atoms with E-state index in [-0.39, 0.29) is 5.69 Å². The first kappa shape index (κ1) is 20.4. The van der Waals surface area contributed by atoms with Crippen LogP contribution in [0.3, 0.4) is 0 Å². The molecular formula is C23H18Cl2N2O3. The van der Waals surface area contributed by atoms with Gasteiger partial charge in [-0.15, -0.1) is 0 Å². The molecule has 5 nitrogen and oxygen atoms in total. The van der Waals surface area contributed by atoms with Gasteiger partial charge in [0, 0.05) is 21.2 Å². The minimum Gasteiger partial charge on any atom is -0.488 e. The van der Waals surface area contributed by atoms with Crippen LogP contribution in [0.1, 0.15) is 46.6 Å². The Balaban J connectivity index is 1.67. The highest BCUT2D eigenvalue weighted by Crippen LogP contribution is 2.42. The number of allylic oxidation sites excluding steroid dienone is 2. The highest BCUT2D eigenvalue weighted by molar-refractivity contribution is 6.35. The van der Waals surface area contributed by atoms with Crippen molar-refractivity contribution in [3.8, 4) is 5.75 Å². The number of carboxylic acid groups (broad SMARTS) is 1. The molecule has 30 heavy (non-hydrogen) atoms. The summed E-state index contributed by atoms with van der Waals surface area (Å²) in [6, 6.07) is 13.1. The quantitative estimate of drug-likeness (QED) is 0.496. The van der Waals surface area contributed by atoms with Crippen molar-refractivity contribution in [2.45, 2.75) is 25.9 Å². The summed E-state index contributed by atoms with van der Waals surface area (Å²) >= 11 is 12.2. The van der Waals surface area contributed by atoms with Gasteiger partial charge >= 0.3 is 5.97 Å². The fraction of sp³-hybridized carbons (Fsp3) is 0.174. The van der Waals surface area contributed by atoms with Gasteiger partial charge in [0.1, 0.15) is 12.4 Å². The maximum atomic E-state index is 11.3. The number of carbonyl (C=O) groups is 1. The number of aromatic nitrogens is 2. The average molecular weight is 441 g/mol. The summed E-state index contributed by atoms with van der Waals surface area (Å²) in [4.78, 5) is 19.6. The van der Waals surface area contributed by atoms with E-state index in [9.17, 15) is 9.90 Å². The molecule has 0 radical (unpaired) electrons. The molecule has 1 aromatic heterocycles. The lowest BCUT2D eigenvalue weighted by molar-refractivity contribution is 0.0690. The molecule has 0 unspecified atom stereocenters. The van der Waals surface area contributed by atoms with E-state index in [1.54, 1.807) is 18.3 Å². The van der Waals surface area contributed by atoms with Crippen LogP contribution in [0.5, 0.6) is 5.75 Å². The molecule has 4 rings (SSSR count). The van der Waals surface area contributed by atoms with E-state index in [4.69, 9.17) is 27.9 Å². The summed E-state index contributed by atoms with van der Waals surface area (Å²) < 4.78 is 6.11. The van der Waals surface area contributed by atoms with E-state index in [1.165, 1.54) is 6.20 Å². The SMILES string of the molecule is O=C(O)c1cncc(C2=C(c3ccccc3OCc3ccc(Cl)cc3Cl)CCC2)n1.